The maximum absolute atomic E-state index is 12.0. The third-order valence-corrected chi connectivity index (χ3v) is 3.31. The minimum atomic E-state index is -0.510. The SMILES string of the molecule is O=C(CO)N1Cc2ccccc2C#Cc2ccccc21. The van der Waals surface area contributed by atoms with Gasteiger partial charge in [-0.25, -0.2) is 0 Å². The van der Waals surface area contributed by atoms with Gasteiger partial charge in [-0.1, -0.05) is 42.2 Å². The Labute approximate surface area is 117 Å². The van der Waals surface area contributed by atoms with Crippen molar-refractivity contribution in [1.82, 2.24) is 0 Å². The van der Waals surface area contributed by atoms with E-state index >= 15 is 0 Å². The predicted molar refractivity (Wildman–Crippen MR) is 77.1 cm³/mol. The summed E-state index contributed by atoms with van der Waals surface area (Å²) < 4.78 is 0. The Morgan fingerprint density at radius 1 is 1.05 bits per heavy atom. The van der Waals surface area contributed by atoms with E-state index in [4.69, 9.17) is 0 Å². The molecular weight excluding hydrogens is 250 g/mol. The minimum absolute atomic E-state index is 0.323. The molecule has 1 aliphatic rings. The molecule has 3 heteroatoms. The lowest BCUT2D eigenvalue weighted by Crippen LogP contribution is -2.33. The molecule has 0 radical (unpaired) electrons. The van der Waals surface area contributed by atoms with E-state index in [0.717, 1.165) is 22.4 Å². The highest BCUT2D eigenvalue weighted by molar-refractivity contribution is 5.95. The molecule has 0 unspecified atom stereocenters. The highest BCUT2D eigenvalue weighted by atomic mass is 16.3. The average molecular weight is 263 g/mol. The quantitative estimate of drug-likeness (QED) is 0.799. The second-order valence-electron chi connectivity index (χ2n) is 4.56. The van der Waals surface area contributed by atoms with Crippen LogP contribution in [0.15, 0.2) is 48.5 Å². The number of carbonyl (C=O) groups is 1. The number of anilines is 1. The number of nitrogens with zero attached hydrogens (tertiary/aromatic N) is 1. The van der Waals surface area contributed by atoms with Gasteiger partial charge < -0.3 is 10.0 Å². The first-order chi connectivity index (χ1) is 9.79. The number of hydrogen-bond donors (Lipinski definition) is 1. The van der Waals surface area contributed by atoms with Crippen LogP contribution in [0.3, 0.4) is 0 Å². The van der Waals surface area contributed by atoms with Crippen molar-refractivity contribution in [1.29, 1.82) is 0 Å². The van der Waals surface area contributed by atoms with Crippen LogP contribution in [0.1, 0.15) is 16.7 Å². The van der Waals surface area contributed by atoms with Crippen LogP contribution in [0.5, 0.6) is 0 Å². The number of fused-ring (bicyclic) bond motifs is 2. The Kier molecular flexibility index (Phi) is 3.24. The fraction of sp³-hybridized carbons (Fsp3) is 0.118. The molecule has 1 heterocycles. The van der Waals surface area contributed by atoms with E-state index in [-0.39, 0.29) is 5.91 Å². The summed E-state index contributed by atoms with van der Waals surface area (Å²) in [5, 5.41) is 9.20. The Morgan fingerprint density at radius 2 is 1.70 bits per heavy atom. The molecule has 0 spiro atoms. The molecule has 0 aliphatic carbocycles. The lowest BCUT2D eigenvalue weighted by atomic mass is 10.0. The van der Waals surface area contributed by atoms with Crippen LogP contribution in [0.2, 0.25) is 0 Å². The van der Waals surface area contributed by atoms with E-state index in [0.29, 0.717) is 6.54 Å². The fourth-order valence-corrected chi connectivity index (χ4v) is 2.29. The first kappa shape index (κ1) is 12.5. The lowest BCUT2D eigenvalue weighted by molar-refractivity contribution is -0.121. The van der Waals surface area contributed by atoms with Crippen LogP contribution in [0, 0.1) is 11.8 Å². The van der Waals surface area contributed by atoms with Crippen molar-refractivity contribution in [2.24, 2.45) is 0 Å². The summed E-state index contributed by atoms with van der Waals surface area (Å²) in [6.45, 7) is -0.0921. The van der Waals surface area contributed by atoms with Gasteiger partial charge in [0.05, 0.1) is 12.2 Å². The van der Waals surface area contributed by atoms with E-state index < -0.39 is 6.61 Å². The number of aliphatic hydroxyl groups is 1. The average Bonchev–Trinajstić information content (AvgIpc) is 2.49. The number of amides is 1. The number of benzene rings is 2. The van der Waals surface area contributed by atoms with E-state index in [9.17, 15) is 9.90 Å². The molecule has 0 aromatic heterocycles. The minimum Gasteiger partial charge on any atom is -0.387 e. The number of aliphatic hydroxyl groups excluding tert-OH is 1. The second-order valence-corrected chi connectivity index (χ2v) is 4.56. The zero-order valence-corrected chi connectivity index (χ0v) is 10.8. The monoisotopic (exact) mass is 263 g/mol. The largest absolute Gasteiger partial charge is 0.387 e. The summed E-state index contributed by atoms with van der Waals surface area (Å²) in [5.74, 6) is 5.93. The summed E-state index contributed by atoms with van der Waals surface area (Å²) in [5.41, 5.74) is 3.44. The summed E-state index contributed by atoms with van der Waals surface area (Å²) >= 11 is 0. The van der Waals surface area contributed by atoms with Crippen molar-refractivity contribution in [3.05, 3.63) is 65.2 Å². The third-order valence-electron chi connectivity index (χ3n) is 3.31. The van der Waals surface area contributed by atoms with Crippen LogP contribution in [0.25, 0.3) is 0 Å². The molecule has 0 atom stereocenters. The number of hydrogen-bond acceptors (Lipinski definition) is 2. The van der Waals surface area contributed by atoms with Gasteiger partial charge in [0, 0.05) is 11.1 Å². The highest BCUT2D eigenvalue weighted by Gasteiger charge is 2.19. The van der Waals surface area contributed by atoms with Crippen molar-refractivity contribution in [2.45, 2.75) is 6.54 Å². The van der Waals surface area contributed by atoms with Gasteiger partial charge in [-0.3, -0.25) is 4.79 Å². The van der Waals surface area contributed by atoms with Gasteiger partial charge in [-0.15, -0.1) is 0 Å². The molecule has 1 amide bonds. The van der Waals surface area contributed by atoms with Gasteiger partial charge in [-0.2, -0.15) is 0 Å². The van der Waals surface area contributed by atoms with Crippen molar-refractivity contribution < 1.29 is 9.90 Å². The lowest BCUT2D eigenvalue weighted by Gasteiger charge is -2.25. The predicted octanol–water partition coefficient (Wildman–Crippen LogP) is 1.93. The highest BCUT2D eigenvalue weighted by Crippen LogP contribution is 2.25. The Bertz CT molecular complexity index is 725. The van der Waals surface area contributed by atoms with Gasteiger partial charge in [0.1, 0.15) is 6.61 Å². The summed E-state index contributed by atoms with van der Waals surface area (Å²) in [6.07, 6.45) is 0. The molecule has 0 fully saturated rings. The molecule has 3 rings (SSSR count). The molecule has 1 N–H and O–H groups in total. The maximum Gasteiger partial charge on any atom is 0.253 e. The number of rotatable bonds is 1. The number of carbonyl (C=O) groups excluding carboxylic acids is 1. The molecule has 0 saturated carbocycles. The molecule has 98 valence electrons. The van der Waals surface area contributed by atoms with Crippen LogP contribution in [-0.2, 0) is 11.3 Å². The Morgan fingerprint density at radius 3 is 2.50 bits per heavy atom. The molecule has 1 aliphatic heterocycles. The molecule has 0 saturated heterocycles. The van der Waals surface area contributed by atoms with Crippen LogP contribution in [0.4, 0.5) is 5.69 Å². The van der Waals surface area contributed by atoms with Crippen LogP contribution < -0.4 is 4.90 Å². The van der Waals surface area contributed by atoms with E-state index in [1.54, 1.807) is 4.90 Å². The number of para-hydroxylation sites is 1. The molecule has 3 nitrogen and oxygen atoms in total. The zero-order chi connectivity index (χ0) is 13.9. The topological polar surface area (TPSA) is 40.5 Å². The first-order valence-electron chi connectivity index (χ1n) is 6.40. The maximum atomic E-state index is 12.0. The summed E-state index contributed by atoms with van der Waals surface area (Å²) in [7, 11) is 0. The molecule has 20 heavy (non-hydrogen) atoms. The zero-order valence-electron chi connectivity index (χ0n) is 10.8. The smallest absolute Gasteiger partial charge is 0.253 e. The standard InChI is InChI=1S/C17H13NO2/c19-12-17(20)18-11-15-7-2-1-5-13(15)9-10-14-6-3-4-8-16(14)18/h1-8,19H,11-12H2. The molecule has 2 aromatic rings. The van der Waals surface area contributed by atoms with Crippen LogP contribution in [-0.4, -0.2) is 17.6 Å². The van der Waals surface area contributed by atoms with E-state index in [1.165, 1.54) is 0 Å². The molecular formula is C17H13NO2. The van der Waals surface area contributed by atoms with Crippen molar-refractivity contribution in [3.8, 4) is 11.8 Å². The van der Waals surface area contributed by atoms with Gasteiger partial charge >= 0.3 is 0 Å². The summed E-state index contributed by atoms with van der Waals surface area (Å²) in [6, 6.07) is 15.2. The van der Waals surface area contributed by atoms with E-state index in [2.05, 4.69) is 11.8 Å². The molecule has 0 bridgehead atoms. The van der Waals surface area contributed by atoms with Gasteiger partial charge in [-0.05, 0) is 23.8 Å². The van der Waals surface area contributed by atoms with Crippen molar-refractivity contribution in [2.75, 3.05) is 11.5 Å². The van der Waals surface area contributed by atoms with Gasteiger partial charge in [0.15, 0.2) is 0 Å². The van der Waals surface area contributed by atoms with Crippen molar-refractivity contribution in [3.63, 3.8) is 0 Å². The Hall–Kier alpha value is -2.57. The normalized spacial score (nSPS) is 12.3. The van der Waals surface area contributed by atoms with Gasteiger partial charge in [0.2, 0.25) is 0 Å². The Balaban J connectivity index is 2.20. The van der Waals surface area contributed by atoms with Gasteiger partial charge in [0.25, 0.3) is 5.91 Å². The third kappa shape index (κ3) is 2.18. The first-order valence-corrected chi connectivity index (χ1v) is 6.40. The molecule has 2 aromatic carbocycles. The fourth-order valence-electron chi connectivity index (χ4n) is 2.29. The second kappa shape index (κ2) is 5.20. The summed E-state index contributed by atoms with van der Waals surface area (Å²) in [4.78, 5) is 13.6. The van der Waals surface area contributed by atoms with Crippen LogP contribution >= 0.6 is 0 Å². The van der Waals surface area contributed by atoms with E-state index in [1.807, 2.05) is 48.5 Å². The van der Waals surface area contributed by atoms with Crippen molar-refractivity contribution >= 4 is 11.6 Å².